The van der Waals surface area contributed by atoms with Gasteiger partial charge in [-0.15, -0.1) is 0 Å². The van der Waals surface area contributed by atoms with Gasteiger partial charge in [0.05, 0.1) is 13.2 Å². The van der Waals surface area contributed by atoms with Gasteiger partial charge in [0, 0.05) is 24.7 Å². The second-order valence-electron chi connectivity index (χ2n) is 7.91. The van der Waals surface area contributed by atoms with Crippen LogP contribution in [0.3, 0.4) is 0 Å². The summed E-state index contributed by atoms with van der Waals surface area (Å²) in [6.45, 7) is 3.06. The molecule has 0 spiro atoms. The fourth-order valence-corrected chi connectivity index (χ4v) is 5.46. The van der Waals surface area contributed by atoms with Crippen LogP contribution in [0.1, 0.15) is 34.8 Å². The van der Waals surface area contributed by atoms with Crippen molar-refractivity contribution < 1.29 is 9.53 Å². The predicted octanol–water partition coefficient (Wildman–Crippen LogP) is 2.79. The predicted molar refractivity (Wildman–Crippen MR) is 103 cm³/mol. The molecule has 0 saturated carbocycles. The lowest BCUT2D eigenvalue weighted by Crippen LogP contribution is -2.60. The first-order valence-corrected chi connectivity index (χ1v) is 9.86. The van der Waals surface area contributed by atoms with Gasteiger partial charge in [0.25, 0.3) is 5.91 Å². The largest absolute Gasteiger partial charge is 0.497 e. The summed E-state index contributed by atoms with van der Waals surface area (Å²) in [5.41, 5.74) is 1.83. The number of piperidine rings is 3. The molecule has 1 aromatic carbocycles. The quantitative estimate of drug-likeness (QED) is 0.841. The zero-order chi connectivity index (χ0) is 18.4. The van der Waals surface area contributed by atoms with Gasteiger partial charge >= 0.3 is 0 Å². The van der Waals surface area contributed by atoms with Gasteiger partial charge in [-0.25, -0.2) is 0 Å². The topological polar surface area (TPSA) is 45.7 Å². The number of fused-ring (bicyclic) bond motifs is 2. The molecule has 140 valence electrons. The molecule has 5 heteroatoms. The van der Waals surface area contributed by atoms with E-state index in [-0.39, 0.29) is 5.91 Å². The smallest absolute Gasteiger partial charge is 0.272 e. The normalized spacial score (nSPS) is 31.6. The molecule has 4 saturated heterocycles. The van der Waals surface area contributed by atoms with E-state index in [1.807, 2.05) is 24.3 Å². The van der Waals surface area contributed by atoms with Crippen molar-refractivity contribution >= 4 is 5.91 Å². The van der Waals surface area contributed by atoms with Crippen LogP contribution in [-0.2, 0) is 0 Å². The maximum Gasteiger partial charge on any atom is 0.272 e. The number of carbonyl (C=O) groups excluding carboxylic acids is 1. The first-order valence-electron chi connectivity index (χ1n) is 9.86. The van der Waals surface area contributed by atoms with Crippen molar-refractivity contribution in [1.82, 2.24) is 14.8 Å². The second kappa shape index (κ2) is 6.64. The highest BCUT2D eigenvalue weighted by Gasteiger charge is 2.54. The molecular formula is C22H25N3O2. The number of amides is 1. The summed E-state index contributed by atoms with van der Waals surface area (Å²) in [4.78, 5) is 22.4. The van der Waals surface area contributed by atoms with E-state index in [0.29, 0.717) is 29.6 Å². The molecule has 6 rings (SSSR count). The molecule has 5 heterocycles. The Bertz CT molecular complexity index is 832. The van der Waals surface area contributed by atoms with Crippen LogP contribution in [0.2, 0.25) is 0 Å². The third-order valence-corrected chi connectivity index (χ3v) is 6.66. The lowest BCUT2D eigenvalue weighted by molar-refractivity contribution is -0.00359. The van der Waals surface area contributed by atoms with E-state index in [1.165, 1.54) is 18.4 Å². The summed E-state index contributed by atoms with van der Waals surface area (Å²) in [5, 5.41) is 0. The van der Waals surface area contributed by atoms with Gasteiger partial charge in [-0.05, 0) is 61.7 Å². The van der Waals surface area contributed by atoms with Crippen LogP contribution in [0.4, 0.5) is 0 Å². The highest BCUT2D eigenvalue weighted by molar-refractivity contribution is 5.93. The summed E-state index contributed by atoms with van der Waals surface area (Å²) >= 11 is 0. The molecular weight excluding hydrogens is 338 g/mol. The van der Waals surface area contributed by atoms with E-state index in [0.717, 1.165) is 25.4 Å². The summed E-state index contributed by atoms with van der Waals surface area (Å²) in [6.07, 6.45) is 4.09. The lowest BCUT2D eigenvalue weighted by atomic mass is 9.75. The van der Waals surface area contributed by atoms with Gasteiger partial charge in [0.15, 0.2) is 0 Å². The first-order chi connectivity index (χ1) is 13.3. The number of aromatic nitrogens is 1. The van der Waals surface area contributed by atoms with E-state index in [4.69, 9.17) is 4.74 Å². The molecule has 0 unspecified atom stereocenters. The summed E-state index contributed by atoms with van der Waals surface area (Å²) in [7, 11) is 1.71. The first kappa shape index (κ1) is 16.8. The Morgan fingerprint density at radius 1 is 1.11 bits per heavy atom. The number of methoxy groups -OCH3 is 1. The zero-order valence-corrected chi connectivity index (χ0v) is 15.6. The average Bonchev–Trinajstić information content (AvgIpc) is 3.18. The minimum absolute atomic E-state index is 0.0738. The average molecular weight is 363 g/mol. The molecule has 27 heavy (non-hydrogen) atoms. The number of likely N-dealkylation sites (tertiary alicyclic amines) is 1. The number of hydrogen-bond acceptors (Lipinski definition) is 4. The summed E-state index contributed by atoms with van der Waals surface area (Å²) in [6, 6.07) is 14.6. The van der Waals surface area contributed by atoms with Crippen molar-refractivity contribution in [3.05, 3.63) is 59.9 Å². The molecule has 0 aliphatic carbocycles. The van der Waals surface area contributed by atoms with E-state index >= 15 is 0 Å². The van der Waals surface area contributed by atoms with Gasteiger partial charge in [-0.1, -0.05) is 18.2 Å². The van der Waals surface area contributed by atoms with Gasteiger partial charge < -0.3 is 9.64 Å². The lowest BCUT2D eigenvalue weighted by Gasteiger charge is -2.51. The number of nitrogens with zero attached hydrogens (tertiary/aromatic N) is 3. The van der Waals surface area contributed by atoms with Crippen molar-refractivity contribution in [2.45, 2.75) is 30.8 Å². The number of pyridine rings is 1. The molecule has 4 aliphatic rings. The summed E-state index contributed by atoms with van der Waals surface area (Å²) < 4.78 is 5.45. The maximum absolute atomic E-state index is 13.3. The van der Waals surface area contributed by atoms with Gasteiger partial charge in [0.2, 0.25) is 0 Å². The van der Waals surface area contributed by atoms with Gasteiger partial charge in [0.1, 0.15) is 11.4 Å². The number of rotatable bonds is 3. The van der Waals surface area contributed by atoms with Crippen molar-refractivity contribution in [1.29, 1.82) is 0 Å². The molecule has 4 fully saturated rings. The van der Waals surface area contributed by atoms with Crippen molar-refractivity contribution in [3.8, 4) is 5.75 Å². The van der Waals surface area contributed by atoms with Crippen LogP contribution in [0.15, 0.2) is 48.7 Å². The Morgan fingerprint density at radius 2 is 1.96 bits per heavy atom. The fourth-order valence-electron chi connectivity index (χ4n) is 5.46. The molecule has 2 bridgehead atoms. The minimum Gasteiger partial charge on any atom is -0.497 e. The number of carbonyl (C=O) groups is 1. The van der Waals surface area contributed by atoms with Crippen LogP contribution in [0.25, 0.3) is 0 Å². The van der Waals surface area contributed by atoms with Gasteiger partial charge in [-0.2, -0.15) is 0 Å². The Balaban J connectivity index is 1.53. The van der Waals surface area contributed by atoms with Crippen molar-refractivity contribution in [3.63, 3.8) is 0 Å². The second-order valence-corrected chi connectivity index (χ2v) is 7.91. The van der Waals surface area contributed by atoms with Crippen LogP contribution < -0.4 is 4.74 Å². The van der Waals surface area contributed by atoms with Crippen LogP contribution in [0, 0.1) is 5.92 Å². The maximum atomic E-state index is 13.3. The van der Waals surface area contributed by atoms with E-state index in [9.17, 15) is 4.79 Å². The zero-order valence-electron chi connectivity index (χ0n) is 15.6. The number of ether oxygens (including phenoxy) is 1. The molecule has 2 aromatic rings. The molecule has 3 atom stereocenters. The third-order valence-electron chi connectivity index (χ3n) is 6.66. The molecule has 0 radical (unpaired) electrons. The van der Waals surface area contributed by atoms with Crippen molar-refractivity contribution in [2.75, 3.05) is 26.7 Å². The Kier molecular flexibility index (Phi) is 4.12. The number of hydrogen-bond donors (Lipinski definition) is 0. The highest BCUT2D eigenvalue weighted by atomic mass is 16.5. The monoisotopic (exact) mass is 363 g/mol. The molecule has 4 aliphatic heterocycles. The molecule has 5 nitrogen and oxygen atoms in total. The van der Waals surface area contributed by atoms with Gasteiger partial charge in [-0.3, -0.25) is 14.7 Å². The number of benzene rings is 1. The molecule has 1 aromatic heterocycles. The highest BCUT2D eigenvalue weighted by Crippen LogP contribution is 2.47. The van der Waals surface area contributed by atoms with E-state index in [1.54, 1.807) is 13.3 Å². The Morgan fingerprint density at radius 3 is 2.70 bits per heavy atom. The third kappa shape index (κ3) is 2.72. The standard InChI is InChI=1S/C22H25N3O2/c1-27-17-6-4-5-16(13-17)18-14-25(22(26)19-7-2-3-10-23-19)20-15-8-11-24(12-9-15)21(18)20/h2-7,10,13,15,18,20-21H,8-9,11-12,14H2,1H3/t18-,20-,21-/m0/s1. The molecule has 1 amide bonds. The van der Waals surface area contributed by atoms with Crippen LogP contribution in [0.5, 0.6) is 5.75 Å². The van der Waals surface area contributed by atoms with Crippen molar-refractivity contribution in [2.24, 2.45) is 5.92 Å². The Labute approximate surface area is 159 Å². The van der Waals surface area contributed by atoms with E-state index < -0.39 is 0 Å². The fraction of sp³-hybridized carbons (Fsp3) is 0.455. The van der Waals surface area contributed by atoms with E-state index in [2.05, 4.69) is 33.0 Å². The Hall–Kier alpha value is -2.40. The minimum atomic E-state index is 0.0738. The molecule has 0 N–H and O–H groups in total. The van der Waals surface area contributed by atoms with Crippen LogP contribution >= 0.6 is 0 Å². The summed E-state index contributed by atoms with van der Waals surface area (Å²) in [5.74, 6) is 1.88. The SMILES string of the molecule is COc1cccc([C@@H]2CN(C(=O)c3ccccn3)[C@H]3C4CCN(CC4)[C@@H]23)c1. The van der Waals surface area contributed by atoms with Crippen LogP contribution in [-0.4, -0.2) is 59.5 Å².